The molecule has 156 valence electrons. The zero-order chi connectivity index (χ0) is 21.2. The number of fused-ring (bicyclic) bond motifs is 1. The van der Waals surface area contributed by atoms with Gasteiger partial charge in [-0.1, -0.05) is 48.5 Å². The number of hydrogen-bond acceptors (Lipinski definition) is 5. The highest BCUT2D eigenvalue weighted by Crippen LogP contribution is 2.34. The largest absolute Gasteiger partial charge is 0.378 e. The molecule has 31 heavy (non-hydrogen) atoms. The molecule has 0 aromatic heterocycles. The molecule has 0 radical (unpaired) electrons. The van der Waals surface area contributed by atoms with Crippen molar-refractivity contribution < 1.29 is 14.3 Å². The number of anilines is 1. The zero-order valence-electron chi connectivity index (χ0n) is 17.0. The smallest absolute Gasteiger partial charge is 0.293 e. The number of amides is 2. The Bertz CT molecular complexity index is 1170. The lowest BCUT2D eigenvalue weighted by Gasteiger charge is -2.28. The molecule has 0 aliphatic carbocycles. The zero-order valence-corrected chi connectivity index (χ0v) is 17.8. The van der Waals surface area contributed by atoms with Crippen molar-refractivity contribution in [1.82, 2.24) is 4.90 Å². The maximum Gasteiger partial charge on any atom is 0.293 e. The molecule has 3 aromatic rings. The summed E-state index contributed by atoms with van der Waals surface area (Å²) in [6, 6.07) is 22.2. The molecule has 2 amide bonds. The molecule has 0 saturated carbocycles. The fourth-order valence-electron chi connectivity index (χ4n) is 3.91. The van der Waals surface area contributed by atoms with Crippen LogP contribution in [0.3, 0.4) is 0 Å². The van der Waals surface area contributed by atoms with E-state index in [4.69, 9.17) is 4.74 Å². The Hall–Kier alpha value is -3.09. The molecule has 0 atom stereocenters. The van der Waals surface area contributed by atoms with Gasteiger partial charge in [-0.25, -0.2) is 0 Å². The fourth-order valence-corrected chi connectivity index (χ4v) is 4.75. The lowest BCUT2D eigenvalue weighted by molar-refractivity contribution is -0.123. The van der Waals surface area contributed by atoms with E-state index in [0.717, 1.165) is 65.7 Å². The third-order valence-electron chi connectivity index (χ3n) is 5.60. The molecule has 2 saturated heterocycles. The van der Waals surface area contributed by atoms with Crippen LogP contribution in [0.15, 0.2) is 71.6 Å². The molecule has 0 bridgehead atoms. The fraction of sp³-hybridized carbons (Fsp3) is 0.200. The van der Waals surface area contributed by atoms with Crippen molar-refractivity contribution in [2.24, 2.45) is 0 Å². The molecule has 2 heterocycles. The van der Waals surface area contributed by atoms with Gasteiger partial charge in [0.2, 0.25) is 0 Å². The summed E-state index contributed by atoms with van der Waals surface area (Å²) in [6.45, 7) is 3.53. The minimum atomic E-state index is -0.236. The van der Waals surface area contributed by atoms with Crippen LogP contribution in [0.2, 0.25) is 0 Å². The van der Waals surface area contributed by atoms with Crippen molar-refractivity contribution >= 4 is 45.4 Å². The summed E-state index contributed by atoms with van der Waals surface area (Å²) in [4.78, 5) is 29.5. The standard InChI is InChI=1S/C25H22N2O3S/c28-24-23(16-18-6-9-22(10-7-18)26-11-13-30-14-12-26)31-25(29)27(24)17-19-5-8-20-3-1-2-4-21(20)15-19/h1-10,15-16H,11-14,17H2/b23-16-. The van der Waals surface area contributed by atoms with Crippen LogP contribution < -0.4 is 4.90 Å². The average Bonchev–Trinajstić information content (AvgIpc) is 3.07. The molecule has 0 spiro atoms. The van der Waals surface area contributed by atoms with E-state index in [1.54, 1.807) is 6.08 Å². The van der Waals surface area contributed by atoms with Crippen LogP contribution in [0.1, 0.15) is 11.1 Å². The van der Waals surface area contributed by atoms with Gasteiger partial charge in [-0.05, 0) is 57.9 Å². The molecule has 2 aliphatic rings. The van der Waals surface area contributed by atoms with Crippen molar-refractivity contribution in [2.45, 2.75) is 6.54 Å². The lowest BCUT2D eigenvalue weighted by Crippen LogP contribution is -2.36. The monoisotopic (exact) mass is 430 g/mol. The summed E-state index contributed by atoms with van der Waals surface area (Å²) in [5.74, 6) is -0.236. The second-order valence-corrected chi connectivity index (χ2v) is 8.63. The van der Waals surface area contributed by atoms with Gasteiger partial charge < -0.3 is 9.64 Å². The normalized spacial score (nSPS) is 18.4. The molecule has 0 unspecified atom stereocenters. The third-order valence-corrected chi connectivity index (χ3v) is 6.50. The van der Waals surface area contributed by atoms with E-state index in [-0.39, 0.29) is 17.7 Å². The molecule has 0 N–H and O–H groups in total. The molecule has 6 heteroatoms. The van der Waals surface area contributed by atoms with Gasteiger partial charge in [-0.2, -0.15) is 0 Å². The Labute approximate surface area is 185 Å². The predicted octanol–water partition coefficient (Wildman–Crippen LogP) is 4.91. The van der Waals surface area contributed by atoms with Crippen molar-refractivity contribution in [3.05, 3.63) is 82.8 Å². The van der Waals surface area contributed by atoms with Crippen LogP contribution in [-0.4, -0.2) is 42.3 Å². The van der Waals surface area contributed by atoms with Crippen LogP contribution in [0, 0.1) is 0 Å². The van der Waals surface area contributed by atoms with E-state index in [9.17, 15) is 9.59 Å². The van der Waals surface area contributed by atoms with Crippen molar-refractivity contribution in [3.8, 4) is 0 Å². The first-order chi connectivity index (χ1) is 15.2. The quantitative estimate of drug-likeness (QED) is 0.551. The van der Waals surface area contributed by atoms with E-state index in [0.29, 0.717) is 4.91 Å². The highest BCUT2D eigenvalue weighted by Gasteiger charge is 2.35. The number of benzene rings is 3. The number of morpholine rings is 1. The lowest BCUT2D eigenvalue weighted by atomic mass is 10.1. The van der Waals surface area contributed by atoms with Crippen molar-refractivity contribution in [2.75, 3.05) is 31.2 Å². The van der Waals surface area contributed by atoms with Gasteiger partial charge in [-0.3, -0.25) is 14.5 Å². The maximum atomic E-state index is 12.9. The number of hydrogen-bond donors (Lipinski definition) is 0. The second kappa shape index (κ2) is 8.57. The predicted molar refractivity (Wildman–Crippen MR) is 125 cm³/mol. The van der Waals surface area contributed by atoms with Crippen LogP contribution in [-0.2, 0) is 16.1 Å². The number of nitrogens with zero attached hydrogens (tertiary/aromatic N) is 2. The van der Waals surface area contributed by atoms with Gasteiger partial charge in [0.05, 0.1) is 24.7 Å². The average molecular weight is 431 g/mol. The molecular formula is C25H22N2O3S. The molecule has 3 aromatic carbocycles. The number of thioether (sulfide) groups is 1. The summed E-state index contributed by atoms with van der Waals surface area (Å²) in [5, 5.41) is 2.01. The molecule has 5 rings (SSSR count). The van der Waals surface area contributed by atoms with Crippen LogP contribution in [0.4, 0.5) is 10.5 Å². The molecule has 2 fully saturated rings. The number of ether oxygens (including phenoxy) is 1. The first-order valence-corrected chi connectivity index (χ1v) is 11.1. The molecule has 5 nitrogen and oxygen atoms in total. The third kappa shape index (κ3) is 4.22. The maximum absolute atomic E-state index is 12.9. The van der Waals surface area contributed by atoms with Gasteiger partial charge in [0.25, 0.3) is 11.1 Å². The number of imide groups is 1. The highest BCUT2D eigenvalue weighted by atomic mass is 32.2. The van der Waals surface area contributed by atoms with Gasteiger partial charge in [0.1, 0.15) is 0 Å². The Kier molecular flexibility index (Phi) is 5.49. The summed E-state index contributed by atoms with van der Waals surface area (Å²) in [5.41, 5.74) is 3.00. The van der Waals surface area contributed by atoms with E-state index in [1.165, 1.54) is 4.90 Å². The number of carbonyl (C=O) groups excluding carboxylic acids is 2. The topological polar surface area (TPSA) is 49.9 Å². The van der Waals surface area contributed by atoms with Crippen LogP contribution in [0.25, 0.3) is 16.8 Å². The first kappa shape index (κ1) is 19.8. The second-order valence-electron chi connectivity index (χ2n) is 7.64. The number of rotatable bonds is 4. The van der Waals surface area contributed by atoms with Gasteiger partial charge in [0, 0.05) is 18.8 Å². The summed E-state index contributed by atoms with van der Waals surface area (Å²) in [6.07, 6.45) is 1.80. The van der Waals surface area contributed by atoms with Crippen LogP contribution in [0.5, 0.6) is 0 Å². The van der Waals surface area contributed by atoms with Crippen molar-refractivity contribution in [1.29, 1.82) is 0 Å². The minimum Gasteiger partial charge on any atom is -0.378 e. The van der Waals surface area contributed by atoms with E-state index in [1.807, 2.05) is 54.6 Å². The molecule has 2 aliphatic heterocycles. The highest BCUT2D eigenvalue weighted by molar-refractivity contribution is 8.18. The number of carbonyl (C=O) groups is 2. The van der Waals surface area contributed by atoms with E-state index < -0.39 is 0 Å². The summed E-state index contributed by atoms with van der Waals surface area (Å²) >= 11 is 1.00. The van der Waals surface area contributed by atoms with Crippen molar-refractivity contribution in [3.63, 3.8) is 0 Å². The molecular weight excluding hydrogens is 408 g/mol. The first-order valence-electron chi connectivity index (χ1n) is 10.3. The Morgan fingerprint density at radius 3 is 2.42 bits per heavy atom. The summed E-state index contributed by atoms with van der Waals surface area (Å²) < 4.78 is 5.40. The van der Waals surface area contributed by atoms with E-state index in [2.05, 4.69) is 17.0 Å². The SMILES string of the molecule is O=C1S/C(=C\c2ccc(N3CCOCC3)cc2)C(=O)N1Cc1ccc2ccccc2c1. The minimum absolute atomic E-state index is 0.227. The van der Waals surface area contributed by atoms with Gasteiger partial charge in [0.15, 0.2) is 0 Å². The van der Waals surface area contributed by atoms with Gasteiger partial charge >= 0.3 is 0 Å². The Morgan fingerprint density at radius 2 is 1.65 bits per heavy atom. The van der Waals surface area contributed by atoms with Gasteiger partial charge in [-0.15, -0.1) is 0 Å². The Balaban J connectivity index is 1.31. The Morgan fingerprint density at radius 1 is 0.903 bits per heavy atom. The summed E-state index contributed by atoms with van der Waals surface area (Å²) in [7, 11) is 0. The van der Waals surface area contributed by atoms with Crippen LogP contribution >= 0.6 is 11.8 Å². The van der Waals surface area contributed by atoms with E-state index >= 15 is 0 Å².